The third-order valence-electron chi connectivity index (χ3n) is 1.00. The van der Waals surface area contributed by atoms with E-state index in [0.29, 0.717) is 0 Å². The van der Waals surface area contributed by atoms with E-state index in [1.54, 1.807) is 0 Å². The molecule has 0 spiro atoms. The molecule has 5 heteroatoms. The molecule has 0 saturated heterocycles. The third kappa shape index (κ3) is 3.24. The van der Waals surface area contributed by atoms with Gasteiger partial charge in [-0.25, -0.2) is 4.79 Å². The highest BCUT2D eigenvalue weighted by Gasteiger charge is 2.13. The molecule has 2 amide bonds. The van der Waals surface area contributed by atoms with E-state index < -0.39 is 18.0 Å². The highest BCUT2D eigenvalue weighted by molar-refractivity contribution is 5.85. The number of methoxy groups -OCH3 is 1. The van der Waals surface area contributed by atoms with Gasteiger partial charge in [0, 0.05) is 0 Å². The van der Waals surface area contributed by atoms with Gasteiger partial charge in [0.1, 0.15) is 6.04 Å². The maximum Gasteiger partial charge on any atom is 0.407 e. The van der Waals surface area contributed by atoms with Gasteiger partial charge in [-0.05, 0) is 0 Å². The highest BCUT2D eigenvalue weighted by atomic mass is 16.5. The first-order chi connectivity index (χ1) is 5.11. The summed E-state index contributed by atoms with van der Waals surface area (Å²) in [7, 11) is 1.19. The largest absolute Gasteiger partial charge is 0.453 e. The summed E-state index contributed by atoms with van der Waals surface area (Å²) in [5, 5.41) is 2.16. The number of nitrogens with one attached hydrogen (secondary N) is 1. The zero-order valence-corrected chi connectivity index (χ0v) is 6.16. The monoisotopic (exact) mass is 158 g/mol. The number of amides is 2. The van der Waals surface area contributed by atoms with E-state index in [1.165, 1.54) is 13.2 Å². The van der Waals surface area contributed by atoms with Crippen molar-refractivity contribution in [1.29, 1.82) is 0 Å². The maximum absolute atomic E-state index is 10.5. The van der Waals surface area contributed by atoms with Crippen molar-refractivity contribution >= 4 is 12.0 Å². The third-order valence-corrected chi connectivity index (χ3v) is 1.00. The Kier molecular flexibility index (Phi) is 3.72. The molecule has 0 aliphatic rings. The predicted molar refractivity (Wildman–Crippen MR) is 38.7 cm³/mol. The standard InChI is InChI=1S/C6H10N2O3/c1-3-4(5(7)9)8-6(10)11-2/h3-4H,1H2,2H3,(H2,7,9)(H,8,10). The minimum absolute atomic E-state index is 0.676. The molecule has 0 aliphatic carbocycles. The normalized spacial score (nSPS) is 11.4. The predicted octanol–water partition coefficient (Wildman–Crippen LogP) is -0.618. The van der Waals surface area contributed by atoms with Gasteiger partial charge >= 0.3 is 6.09 Å². The van der Waals surface area contributed by atoms with Crippen molar-refractivity contribution in [3.05, 3.63) is 12.7 Å². The van der Waals surface area contributed by atoms with Crippen molar-refractivity contribution in [3.63, 3.8) is 0 Å². The van der Waals surface area contributed by atoms with Gasteiger partial charge in [-0.2, -0.15) is 0 Å². The Balaban J connectivity index is 3.98. The Morgan fingerprint density at radius 1 is 1.73 bits per heavy atom. The first-order valence-electron chi connectivity index (χ1n) is 2.88. The van der Waals surface area contributed by atoms with Crippen LogP contribution in [0.5, 0.6) is 0 Å². The number of carbonyl (C=O) groups is 2. The van der Waals surface area contributed by atoms with Gasteiger partial charge in [-0.1, -0.05) is 6.08 Å². The molecule has 0 fully saturated rings. The lowest BCUT2D eigenvalue weighted by Gasteiger charge is -2.08. The fourth-order valence-corrected chi connectivity index (χ4v) is 0.432. The van der Waals surface area contributed by atoms with Gasteiger partial charge in [0.2, 0.25) is 5.91 Å². The van der Waals surface area contributed by atoms with Crippen molar-refractivity contribution in [2.24, 2.45) is 5.73 Å². The molecule has 1 atom stereocenters. The first kappa shape index (κ1) is 9.48. The van der Waals surface area contributed by atoms with E-state index in [9.17, 15) is 9.59 Å². The lowest BCUT2D eigenvalue weighted by molar-refractivity contribution is -0.118. The van der Waals surface area contributed by atoms with E-state index >= 15 is 0 Å². The average molecular weight is 158 g/mol. The fraction of sp³-hybridized carbons (Fsp3) is 0.333. The Morgan fingerprint density at radius 2 is 2.27 bits per heavy atom. The summed E-state index contributed by atoms with van der Waals surface area (Å²) in [6, 6.07) is -0.873. The van der Waals surface area contributed by atoms with E-state index in [2.05, 4.69) is 16.6 Å². The van der Waals surface area contributed by atoms with Crippen LogP contribution in [0, 0.1) is 0 Å². The van der Waals surface area contributed by atoms with E-state index in [1.807, 2.05) is 0 Å². The lowest BCUT2D eigenvalue weighted by atomic mass is 10.3. The van der Waals surface area contributed by atoms with Gasteiger partial charge in [-0.3, -0.25) is 4.79 Å². The van der Waals surface area contributed by atoms with E-state index in [4.69, 9.17) is 5.73 Å². The topological polar surface area (TPSA) is 81.4 Å². The van der Waals surface area contributed by atoms with E-state index in [0.717, 1.165) is 0 Å². The minimum atomic E-state index is -0.873. The molecule has 0 rings (SSSR count). The van der Waals surface area contributed by atoms with Gasteiger partial charge in [0.15, 0.2) is 0 Å². The quantitative estimate of drug-likeness (QED) is 0.537. The number of rotatable bonds is 3. The molecule has 3 N–H and O–H groups in total. The summed E-state index contributed by atoms with van der Waals surface area (Å²) >= 11 is 0. The second-order valence-electron chi connectivity index (χ2n) is 1.75. The Bertz CT molecular complexity index is 179. The number of ether oxygens (including phenoxy) is 1. The van der Waals surface area contributed by atoms with Crippen molar-refractivity contribution in [2.75, 3.05) is 7.11 Å². The van der Waals surface area contributed by atoms with Crippen LogP contribution in [-0.2, 0) is 9.53 Å². The van der Waals surface area contributed by atoms with Crippen LogP contribution in [0.25, 0.3) is 0 Å². The number of alkyl carbamates (subject to hydrolysis) is 1. The molecule has 0 heterocycles. The summed E-state index contributed by atoms with van der Waals surface area (Å²) in [5.41, 5.74) is 4.87. The number of hydrogen-bond donors (Lipinski definition) is 2. The molecule has 0 aromatic carbocycles. The van der Waals surface area contributed by atoms with Crippen LogP contribution in [0.3, 0.4) is 0 Å². The van der Waals surface area contributed by atoms with Crippen LogP contribution >= 0.6 is 0 Å². The van der Waals surface area contributed by atoms with Crippen LogP contribution in [-0.4, -0.2) is 25.2 Å². The Labute approximate surface area is 64.2 Å². The van der Waals surface area contributed by atoms with Gasteiger partial charge in [-0.15, -0.1) is 6.58 Å². The van der Waals surface area contributed by atoms with Crippen LogP contribution in [0.15, 0.2) is 12.7 Å². The molecule has 1 unspecified atom stereocenters. The number of primary amides is 1. The van der Waals surface area contributed by atoms with Crippen LogP contribution < -0.4 is 11.1 Å². The summed E-state index contributed by atoms with van der Waals surface area (Å²) in [4.78, 5) is 21.0. The molecular weight excluding hydrogens is 148 g/mol. The van der Waals surface area contributed by atoms with Crippen LogP contribution in [0.2, 0.25) is 0 Å². The number of nitrogens with two attached hydrogens (primary N) is 1. The van der Waals surface area contributed by atoms with E-state index in [-0.39, 0.29) is 0 Å². The van der Waals surface area contributed by atoms with Crippen LogP contribution in [0.4, 0.5) is 4.79 Å². The molecule has 11 heavy (non-hydrogen) atoms. The summed E-state index contributed by atoms with van der Waals surface area (Å²) in [6.45, 7) is 3.30. The molecule has 0 saturated carbocycles. The average Bonchev–Trinajstić information content (AvgIpc) is 1.99. The highest BCUT2D eigenvalue weighted by Crippen LogP contribution is 1.83. The summed E-state index contributed by atoms with van der Waals surface area (Å²) < 4.78 is 4.23. The minimum Gasteiger partial charge on any atom is -0.453 e. The van der Waals surface area contributed by atoms with Crippen LogP contribution in [0.1, 0.15) is 0 Å². The molecule has 0 aliphatic heterocycles. The summed E-state index contributed by atoms with van der Waals surface area (Å²) in [6.07, 6.45) is 0.507. The molecule has 5 nitrogen and oxygen atoms in total. The molecule has 0 radical (unpaired) electrons. The second-order valence-corrected chi connectivity index (χ2v) is 1.75. The smallest absolute Gasteiger partial charge is 0.407 e. The Hall–Kier alpha value is -1.52. The van der Waals surface area contributed by atoms with Crippen molar-refractivity contribution in [3.8, 4) is 0 Å². The SMILES string of the molecule is C=CC(NC(=O)OC)C(N)=O. The van der Waals surface area contributed by atoms with Crippen molar-refractivity contribution in [1.82, 2.24) is 5.32 Å². The van der Waals surface area contributed by atoms with Crippen molar-refractivity contribution < 1.29 is 14.3 Å². The Morgan fingerprint density at radius 3 is 2.55 bits per heavy atom. The zero-order chi connectivity index (χ0) is 8.85. The molecular formula is C6H10N2O3. The van der Waals surface area contributed by atoms with Crippen molar-refractivity contribution in [2.45, 2.75) is 6.04 Å². The van der Waals surface area contributed by atoms with Gasteiger partial charge < -0.3 is 15.8 Å². The molecule has 62 valence electrons. The first-order valence-corrected chi connectivity index (χ1v) is 2.88. The lowest BCUT2D eigenvalue weighted by Crippen LogP contribution is -2.42. The number of hydrogen-bond acceptors (Lipinski definition) is 3. The number of carbonyl (C=O) groups excluding carboxylic acids is 2. The van der Waals surface area contributed by atoms with Gasteiger partial charge in [0.05, 0.1) is 7.11 Å². The summed E-state index contributed by atoms with van der Waals surface area (Å²) in [5.74, 6) is -0.676. The molecule has 0 aromatic heterocycles. The second kappa shape index (κ2) is 4.32. The molecule has 0 aromatic rings. The maximum atomic E-state index is 10.5. The zero-order valence-electron chi connectivity index (χ0n) is 6.16. The van der Waals surface area contributed by atoms with Gasteiger partial charge in [0.25, 0.3) is 0 Å². The fourth-order valence-electron chi connectivity index (χ4n) is 0.432. The molecule has 0 bridgehead atoms.